The molecule has 0 fully saturated rings. The first-order chi connectivity index (χ1) is 9.31. The number of carbonyl (C=O) groups excluding carboxylic acids is 1. The van der Waals surface area contributed by atoms with Gasteiger partial charge in [-0.2, -0.15) is 0 Å². The van der Waals surface area contributed by atoms with Crippen LogP contribution in [0.4, 0.5) is 4.79 Å². The molecular formula is C14H20N2O4. The minimum Gasteiger partial charge on any atom is -0.508 e. The molecule has 6 nitrogen and oxygen atoms in total. The fourth-order valence-corrected chi connectivity index (χ4v) is 1.74. The number of aliphatic carboxylic acids is 1. The number of urea groups is 1. The van der Waals surface area contributed by atoms with Gasteiger partial charge >= 0.3 is 12.0 Å². The van der Waals surface area contributed by atoms with Gasteiger partial charge < -0.3 is 20.4 Å². The lowest BCUT2D eigenvalue weighted by atomic mass is 10.1. The zero-order valence-corrected chi connectivity index (χ0v) is 11.8. The highest BCUT2D eigenvalue weighted by molar-refractivity contribution is 5.76. The van der Waals surface area contributed by atoms with Crippen molar-refractivity contribution in [2.24, 2.45) is 5.92 Å². The second-order valence-electron chi connectivity index (χ2n) is 4.89. The zero-order chi connectivity index (χ0) is 15.3. The molecule has 2 unspecified atom stereocenters. The van der Waals surface area contributed by atoms with E-state index in [2.05, 4.69) is 5.32 Å². The molecule has 1 aromatic carbocycles. The van der Waals surface area contributed by atoms with Gasteiger partial charge in [-0.1, -0.05) is 19.1 Å². The number of benzene rings is 1. The molecule has 2 amide bonds. The summed E-state index contributed by atoms with van der Waals surface area (Å²) >= 11 is 0. The Hall–Kier alpha value is -2.24. The number of carbonyl (C=O) groups is 2. The molecular weight excluding hydrogens is 260 g/mol. The van der Waals surface area contributed by atoms with E-state index >= 15 is 0 Å². The molecule has 1 rings (SSSR count). The molecule has 3 N–H and O–H groups in total. The van der Waals surface area contributed by atoms with Crippen LogP contribution in [0.2, 0.25) is 0 Å². The Bertz CT molecular complexity index is 490. The van der Waals surface area contributed by atoms with Crippen molar-refractivity contribution in [3.8, 4) is 5.75 Å². The smallest absolute Gasteiger partial charge is 0.317 e. The van der Waals surface area contributed by atoms with E-state index in [0.29, 0.717) is 0 Å². The van der Waals surface area contributed by atoms with Crippen molar-refractivity contribution < 1.29 is 19.8 Å². The minimum atomic E-state index is -0.939. The van der Waals surface area contributed by atoms with E-state index in [1.807, 2.05) is 0 Å². The Morgan fingerprint density at radius 1 is 1.35 bits per heavy atom. The minimum absolute atomic E-state index is 0.133. The summed E-state index contributed by atoms with van der Waals surface area (Å²) < 4.78 is 0. The highest BCUT2D eigenvalue weighted by Gasteiger charge is 2.18. The monoisotopic (exact) mass is 280 g/mol. The van der Waals surface area contributed by atoms with Crippen LogP contribution in [0.3, 0.4) is 0 Å². The maximum absolute atomic E-state index is 11.9. The van der Waals surface area contributed by atoms with Crippen LogP contribution in [0.5, 0.6) is 5.75 Å². The normalized spacial score (nSPS) is 13.3. The second kappa shape index (κ2) is 6.79. The van der Waals surface area contributed by atoms with Crippen molar-refractivity contribution in [1.29, 1.82) is 0 Å². The van der Waals surface area contributed by atoms with Crippen molar-refractivity contribution in [3.63, 3.8) is 0 Å². The van der Waals surface area contributed by atoms with E-state index < -0.39 is 11.9 Å². The van der Waals surface area contributed by atoms with Gasteiger partial charge in [-0.15, -0.1) is 0 Å². The molecule has 1 aromatic rings. The Morgan fingerprint density at radius 3 is 2.55 bits per heavy atom. The Morgan fingerprint density at radius 2 is 2.00 bits per heavy atom. The van der Waals surface area contributed by atoms with E-state index in [1.165, 1.54) is 4.90 Å². The summed E-state index contributed by atoms with van der Waals surface area (Å²) in [7, 11) is 1.55. The number of carboxylic acid groups (broad SMARTS) is 1. The van der Waals surface area contributed by atoms with Gasteiger partial charge in [-0.25, -0.2) is 4.79 Å². The van der Waals surface area contributed by atoms with Crippen LogP contribution < -0.4 is 5.32 Å². The van der Waals surface area contributed by atoms with Crippen LogP contribution in [0.1, 0.15) is 25.5 Å². The van der Waals surface area contributed by atoms with Gasteiger partial charge in [-0.05, 0) is 24.6 Å². The molecule has 0 radical (unpaired) electrons. The average molecular weight is 280 g/mol. The largest absolute Gasteiger partial charge is 0.508 e. The summed E-state index contributed by atoms with van der Waals surface area (Å²) in [6, 6.07) is 5.99. The zero-order valence-electron chi connectivity index (χ0n) is 11.8. The van der Waals surface area contributed by atoms with E-state index in [4.69, 9.17) is 5.11 Å². The molecule has 0 saturated heterocycles. The van der Waals surface area contributed by atoms with Gasteiger partial charge in [-0.3, -0.25) is 4.79 Å². The molecule has 0 bridgehead atoms. The first-order valence-corrected chi connectivity index (χ1v) is 6.34. The third-order valence-corrected chi connectivity index (χ3v) is 3.03. The van der Waals surface area contributed by atoms with Gasteiger partial charge in [0, 0.05) is 13.6 Å². The molecule has 0 aliphatic heterocycles. The second-order valence-corrected chi connectivity index (χ2v) is 4.89. The lowest BCUT2D eigenvalue weighted by Crippen LogP contribution is -2.41. The number of rotatable bonds is 5. The molecule has 0 saturated carbocycles. The highest BCUT2D eigenvalue weighted by atomic mass is 16.4. The van der Waals surface area contributed by atoms with Crippen LogP contribution in [0.25, 0.3) is 0 Å². The lowest BCUT2D eigenvalue weighted by Gasteiger charge is -2.23. The Balaban J connectivity index is 2.59. The number of nitrogens with one attached hydrogen (secondary N) is 1. The van der Waals surface area contributed by atoms with Crippen molar-refractivity contribution in [2.75, 3.05) is 13.6 Å². The van der Waals surface area contributed by atoms with Crippen LogP contribution in [0, 0.1) is 5.92 Å². The molecule has 0 heterocycles. The molecule has 110 valence electrons. The number of carboxylic acids is 1. The Kier molecular flexibility index (Phi) is 5.37. The van der Waals surface area contributed by atoms with Crippen molar-refractivity contribution in [3.05, 3.63) is 29.8 Å². The number of amides is 2. The van der Waals surface area contributed by atoms with Gasteiger partial charge in [0.1, 0.15) is 5.75 Å². The summed E-state index contributed by atoms with van der Waals surface area (Å²) in [6.07, 6.45) is 0. The van der Waals surface area contributed by atoms with E-state index in [9.17, 15) is 14.7 Å². The Labute approximate surface area is 118 Å². The van der Waals surface area contributed by atoms with Crippen LogP contribution in [-0.4, -0.2) is 40.7 Å². The maximum atomic E-state index is 11.9. The van der Waals surface area contributed by atoms with Crippen LogP contribution >= 0.6 is 0 Å². The molecule has 6 heteroatoms. The number of phenols is 1. The molecule has 0 aliphatic carbocycles. The van der Waals surface area contributed by atoms with Crippen molar-refractivity contribution in [2.45, 2.75) is 19.9 Å². The maximum Gasteiger partial charge on any atom is 0.317 e. The quantitative estimate of drug-likeness (QED) is 0.767. The van der Waals surface area contributed by atoms with Crippen molar-refractivity contribution in [1.82, 2.24) is 10.2 Å². The van der Waals surface area contributed by atoms with Crippen LogP contribution in [-0.2, 0) is 4.79 Å². The van der Waals surface area contributed by atoms with Gasteiger partial charge in [0.15, 0.2) is 0 Å². The summed E-state index contributed by atoms with van der Waals surface area (Å²) in [5.74, 6) is -1.43. The third-order valence-electron chi connectivity index (χ3n) is 3.03. The number of aromatic hydroxyl groups is 1. The molecule has 0 spiro atoms. The number of nitrogens with zero attached hydrogens (tertiary/aromatic N) is 1. The summed E-state index contributed by atoms with van der Waals surface area (Å²) in [6.45, 7) is 3.47. The predicted octanol–water partition coefficient (Wildman–Crippen LogP) is 1.82. The third kappa shape index (κ3) is 4.46. The first kappa shape index (κ1) is 15.8. The molecule has 0 aromatic heterocycles. The van der Waals surface area contributed by atoms with E-state index in [1.54, 1.807) is 45.2 Å². The number of phenolic OH excluding ortho intramolecular Hbond substituents is 1. The van der Waals surface area contributed by atoms with Gasteiger partial charge in [0.05, 0.1) is 12.0 Å². The predicted molar refractivity (Wildman–Crippen MR) is 74.5 cm³/mol. The molecule has 20 heavy (non-hydrogen) atoms. The molecule has 2 atom stereocenters. The van der Waals surface area contributed by atoms with Gasteiger partial charge in [0.25, 0.3) is 0 Å². The van der Waals surface area contributed by atoms with Gasteiger partial charge in [0.2, 0.25) is 0 Å². The van der Waals surface area contributed by atoms with E-state index in [0.717, 1.165) is 5.56 Å². The van der Waals surface area contributed by atoms with E-state index in [-0.39, 0.29) is 24.4 Å². The highest BCUT2D eigenvalue weighted by Crippen LogP contribution is 2.17. The molecule has 0 aliphatic rings. The lowest BCUT2D eigenvalue weighted by molar-refractivity contribution is -0.141. The summed E-state index contributed by atoms with van der Waals surface area (Å²) in [5.41, 5.74) is 0.776. The summed E-state index contributed by atoms with van der Waals surface area (Å²) in [5, 5.41) is 21.0. The number of hydrogen-bond donors (Lipinski definition) is 3. The average Bonchev–Trinajstić information content (AvgIpc) is 2.38. The van der Waals surface area contributed by atoms with Crippen molar-refractivity contribution >= 4 is 12.0 Å². The first-order valence-electron chi connectivity index (χ1n) is 6.34. The fourth-order valence-electron chi connectivity index (χ4n) is 1.74. The fraction of sp³-hybridized carbons (Fsp3) is 0.429. The SMILES string of the molecule is CC(CN(C)C(=O)NC(C)c1cccc(O)c1)C(=O)O. The topological polar surface area (TPSA) is 89.9 Å². The standard InChI is InChI=1S/C14H20N2O4/c1-9(13(18)19)8-16(3)14(20)15-10(2)11-5-4-6-12(17)7-11/h4-7,9-10,17H,8H2,1-3H3,(H,15,20)(H,18,19). The summed E-state index contributed by atoms with van der Waals surface area (Å²) in [4.78, 5) is 24.0. The number of hydrogen-bond acceptors (Lipinski definition) is 3. The van der Waals surface area contributed by atoms with Crippen LogP contribution in [0.15, 0.2) is 24.3 Å².